The van der Waals surface area contributed by atoms with E-state index in [9.17, 15) is 0 Å². The first-order chi connectivity index (χ1) is 12.4. The lowest BCUT2D eigenvalue weighted by Crippen LogP contribution is -2.54. The van der Waals surface area contributed by atoms with Crippen LogP contribution < -0.4 is 15.0 Å². The number of aromatic nitrogens is 2. The van der Waals surface area contributed by atoms with Crippen LogP contribution in [0, 0.1) is 0 Å². The molecule has 136 valence electrons. The first kappa shape index (κ1) is 18.6. The van der Waals surface area contributed by atoms with E-state index in [1.807, 2.05) is 30.3 Å². The molecule has 7 heteroatoms. The van der Waals surface area contributed by atoms with Crippen LogP contribution in [0.1, 0.15) is 0 Å². The molecular formula is C19H21ClN4OS. The summed E-state index contributed by atoms with van der Waals surface area (Å²) in [5, 5.41) is 6.64. The van der Waals surface area contributed by atoms with E-state index in [1.165, 1.54) is 0 Å². The van der Waals surface area contributed by atoms with Crippen molar-refractivity contribution in [2.24, 2.45) is 0 Å². The van der Waals surface area contributed by atoms with Gasteiger partial charge in [-0.2, -0.15) is 0 Å². The Morgan fingerprint density at radius 3 is 2.88 bits per heavy atom. The Kier molecular flexibility index (Phi) is 6.44. The van der Waals surface area contributed by atoms with E-state index >= 15 is 0 Å². The maximum Gasteiger partial charge on any atom is 0.186 e. The number of ether oxygens (including phenoxy) is 1. The molecule has 0 spiro atoms. The van der Waals surface area contributed by atoms with Crippen molar-refractivity contribution < 1.29 is 4.74 Å². The molecule has 5 nitrogen and oxygen atoms in total. The van der Waals surface area contributed by atoms with E-state index in [0.29, 0.717) is 6.61 Å². The highest BCUT2D eigenvalue weighted by Crippen LogP contribution is 2.29. The molecule has 3 aromatic rings. The molecule has 0 saturated carbocycles. The second-order valence-electron chi connectivity index (χ2n) is 5.93. The molecule has 1 atom stereocenters. The molecule has 1 aliphatic heterocycles. The SMILES string of the molecule is Cl.c1ccc(-c2csc(N3CCNCC3COc3cccnc3)n2)cc1. The summed E-state index contributed by atoms with van der Waals surface area (Å²) in [6.45, 7) is 3.39. The Bertz CT molecular complexity index is 800. The van der Waals surface area contributed by atoms with Crippen LogP contribution in [-0.4, -0.2) is 42.3 Å². The van der Waals surface area contributed by atoms with Gasteiger partial charge in [0.1, 0.15) is 12.4 Å². The molecule has 4 rings (SSSR count). The average Bonchev–Trinajstić information content (AvgIpc) is 3.18. The third-order valence-electron chi connectivity index (χ3n) is 4.23. The fourth-order valence-electron chi connectivity index (χ4n) is 2.92. The van der Waals surface area contributed by atoms with Gasteiger partial charge in [0.2, 0.25) is 0 Å². The zero-order valence-corrected chi connectivity index (χ0v) is 15.9. The third kappa shape index (κ3) is 4.33. The molecule has 1 N–H and O–H groups in total. The van der Waals surface area contributed by atoms with Gasteiger partial charge in [-0.15, -0.1) is 23.7 Å². The van der Waals surface area contributed by atoms with Crippen molar-refractivity contribution in [1.29, 1.82) is 0 Å². The molecular weight excluding hydrogens is 368 g/mol. The maximum absolute atomic E-state index is 5.92. The molecule has 0 amide bonds. The number of hydrogen-bond donors (Lipinski definition) is 1. The van der Waals surface area contributed by atoms with Crippen LogP contribution in [0.3, 0.4) is 0 Å². The smallest absolute Gasteiger partial charge is 0.186 e. The average molecular weight is 389 g/mol. The molecule has 26 heavy (non-hydrogen) atoms. The van der Waals surface area contributed by atoms with Crippen molar-refractivity contribution in [3.05, 3.63) is 60.2 Å². The number of nitrogens with one attached hydrogen (secondary N) is 1. The highest BCUT2D eigenvalue weighted by atomic mass is 35.5. The van der Waals surface area contributed by atoms with Crippen molar-refractivity contribution in [3.63, 3.8) is 0 Å². The highest BCUT2D eigenvalue weighted by molar-refractivity contribution is 7.14. The molecule has 0 aliphatic carbocycles. The summed E-state index contributed by atoms with van der Waals surface area (Å²) in [6, 6.07) is 14.4. The Balaban J connectivity index is 0.00000196. The molecule has 3 heterocycles. The zero-order valence-electron chi connectivity index (χ0n) is 14.2. The standard InChI is InChI=1S/C19H20N4OS.ClH/c1-2-5-15(6-3-1)18-14-25-19(22-18)23-10-9-21-11-16(23)13-24-17-7-4-8-20-12-17;/h1-8,12,14,16,21H,9-11,13H2;1H. The van der Waals surface area contributed by atoms with Crippen LogP contribution in [0.4, 0.5) is 5.13 Å². The summed E-state index contributed by atoms with van der Waals surface area (Å²) >= 11 is 1.70. The van der Waals surface area contributed by atoms with Crippen molar-refractivity contribution in [1.82, 2.24) is 15.3 Å². The van der Waals surface area contributed by atoms with Gasteiger partial charge in [-0.05, 0) is 12.1 Å². The van der Waals surface area contributed by atoms with Gasteiger partial charge in [0.15, 0.2) is 5.13 Å². The summed E-state index contributed by atoms with van der Waals surface area (Å²) in [6.07, 6.45) is 3.50. The van der Waals surface area contributed by atoms with Crippen LogP contribution in [0.25, 0.3) is 11.3 Å². The van der Waals surface area contributed by atoms with Crippen molar-refractivity contribution >= 4 is 28.9 Å². The minimum atomic E-state index is 0. The van der Waals surface area contributed by atoms with Gasteiger partial charge in [0, 0.05) is 36.8 Å². The van der Waals surface area contributed by atoms with Gasteiger partial charge in [0.25, 0.3) is 0 Å². The molecule has 0 bridgehead atoms. The fraction of sp³-hybridized carbons (Fsp3) is 0.263. The normalized spacial score (nSPS) is 16.8. The number of hydrogen-bond acceptors (Lipinski definition) is 6. The van der Waals surface area contributed by atoms with Gasteiger partial charge >= 0.3 is 0 Å². The minimum absolute atomic E-state index is 0. The molecule has 1 unspecified atom stereocenters. The first-order valence-corrected chi connectivity index (χ1v) is 9.29. The monoisotopic (exact) mass is 388 g/mol. The minimum Gasteiger partial charge on any atom is -0.490 e. The molecule has 1 fully saturated rings. The van der Waals surface area contributed by atoms with Gasteiger partial charge in [-0.25, -0.2) is 4.98 Å². The topological polar surface area (TPSA) is 50.3 Å². The summed E-state index contributed by atoms with van der Waals surface area (Å²) in [5.74, 6) is 0.803. The zero-order chi connectivity index (χ0) is 16.9. The third-order valence-corrected chi connectivity index (χ3v) is 5.11. The molecule has 1 aromatic carbocycles. The Labute approximate surface area is 163 Å². The van der Waals surface area contributed by atoms with Crippen molar-refractivity contribution in [2.45, 2.75) is 6.04 Å². The number of benzene rings is 1. The Morgan fingerprint density at radius 2 is 2.08 bits per heavy atom. The van der Waals surface area contributed by atoms with E-state index in [-0.39, 0.29) is 18.4 Å². The number of halogens is 1. The number of anilines is 1. The summed E-state index contributed by atoms with van der Waals surface area (Å²) in [7, 11) is 0. The van der Waals surface area contributed by atoms with Crippen LogP contribution >= 0.6 is 23.7 Å². The van der Waals surface area contributed by atoms with Gasteiger partial charge < -0.3 is 15.0 Å². The van der Waals surface area contributed by atoms with E-state index in [1.54, 1.807) is 23.7 Å². The van der Waals surface area contributed by atoms with Crippen LogP contribution in [0.15, 0.2) is 60.2 Å². The first-order valence-electron chi connectivity index (χ1n) is 8.41. The molecule has 1 aliphatic rings. The predicted octanol–water partition coefficient (Wildman–Crippen LogP) is 3.48. The number of thiazole rings is 1. The molecule has 2 aromatic heterocycles. The summed E-state index contributed by atoms with van der Waals surface area (Å²) < 4.78 is 5.92. The van der Waals surface area contributed by atoms with Gasteiger partial charge in [0.05, 0.1) is 17.9 Å². The van der Waals surface area contributed by atoms with Crippen LogP contribution in [-0.2, 0) is 0 Å². The maximum atomic E-state index is 5.92. The van der Waals surface area contributed by atoms with Crippen LogP contribution in [0.2, 0.25) is 0 Å². The second kappa shape index (κ2) is 8.98. The fourth-order valence-corrected chi connectivity index (χ4v) is 3.86. The van der Waals surface area contributed by atoms with Crippen molar-refractivity contribution in [3.8, 4) is 17.0 Å². The lowest BCUT2D eigenvalue weighted by atomic mass is 10.2. The quantitative estimate of drug-likeness (QED) is 0.725. The number of nitrogens with zero attached hydrogens (tertiary/aromatic N) is 3. The van der Waals surface area contributed by atoms with E-state index in [2.05, 4.69) is 32.7 Å². The molecule has 1 saturated heterocycles. The van der Waals surface area contributed by atoms with Crippen molar-refractivity contribution in [2.75, 3.05) is 31.1 Å². The van der Waals surface area contributed by atoms with E-state index in [0.717, 1.165) is 41.8 Å². The lowest BCUT2D eigenvalue weighted by molar-refractivity contribution is 0.266. The number of rotatable bonds is 5. The predicted molar refractivity (Wildman–Crippen MR) is 109 cm³/mol. The molecule has 0 radical (unpaired) electrons. The largest absolute Gasteiger partial charge is 0.490 e. The summed E-state index contributed by atoms with van der Waals surface area (Å²) in [4.78, 5) is 11.3. The van der Waals surface area contributed by atoms with E-state index < -0.39 is 0 Å². The number of piperazine rings is 1. The highest BCUT2D eigenvalue weighted by Gasteiger charge is 2.25. The number of pyridine rings is 1. The van der Waals surface area contributed by atoms with E-state index in [4.69, 9.17) is 9.72 Å². The Morgan fingerprint density at radius 1 is 1.19 bits per heavy atom. The van der Waals surface area contributed by atoms with Crippen LogP contribution in [0.5, 0.6) is 5.75 Å². The lowest BCUT2D eigenvalue weighted by Gasteiger charge is -2.35. The van der Waals surface area contributed by atoms with Gasteiger partial charge in [-0.1, -0.05) is 30.3 Å². The summed E-state index contributed by atoms with van der Waals surface area (Å²) in [5.41, 5.74) is 2.19. The van der Waals surface area contributed by atoms with Gasteiger partial charge in [-0.3, -0.25) is 4.98 Å². The Hall–Kier alpha value is -2.15. The second-order valence-corrected chi connectivity index (χ2v) is 6.77.